The van der Waals surface area contributed by atoms with Crippen LogP contribution in [0.15, 0.2) is 107 Å². The van der Waals surface area contributed by atoms with Crippen LogP contribution in [0.1, 0.15) is 11.1 Å². The van der Waals surface area contributed by atoms with Gasteiger partial charge in [-0.15, -0.1) is 0 Å². The van der Waals surface area contributed by atoms with E-state index in [9.17, 15) is 9.59 Å². The first-order chi connectivity index (χ1) is 19.0. The Hall–Kier alpha value is -4.39. The maximum absolute atomic E-state index is 13.0. The molecule has 4 aromatic carbocycles. The molecule has 0 bridgehead atoms. The zero-order chi connectivity index (χ0) is 26.9. The number of hydrazone groups is 1. The van der Waals surface area contributed by atoms with Gasteiger partial charge in [-0.2, -0.15) is 5.10 Å². The number of pyridine rings is 1. The number of hydrogen-bond donors (Lipinski definition) is 1. The van der Waals surface area contributed by atoms with E-state index in [-0.39, 0.29) is 17.9 Å². The van der Waals surface area contributed by atoms with E-state index in [0.717, 1.165) is 22.0 Å². The molecule has 0 aliphatic rings. The van der Waals surface area contributed by atoms with E-state index >= 15 is 0 Å². The van der Waals surface area contributed by atoms with Crippen LogP contribution in [0.5, 0.6) is 0 Å². The quantitative estimate of drug-likeness (QED) is 0.143. The topological polar surface area (TPSA) is 68.4 Å². The van der Waals surface area contributed by atoms with Crippen LogP contribution < -0.4 is 10.9 Å². The van der Waals surface area contributed by atoms with Gasteiger partial charge in [0.1, 0.15) is 6.54 Å². The number of halogens is 2. The van der Waals surface area contributed by atoms with Crippen molar-refractivity contribution >= 4 is 68.0 Å². The average molecular weight is 553 g/mol. The van der Waals surface area contributed by atoms with Crippen molar-refractivity contribution in [2.24, 2.45) is 5.10 Å². The highest BCUT2D eigenvalue weighted by atomic mass is 35.5. The third-order valence-corrected chi connectivity index (χ3v) is 7.34. The lowest BCUT2D eigenvalue weighted by Gasteiger charge is -2.14. The number of para-hydroxylation sites is 3. The first-order valence-corrected chi connectivity index (χ1v) is 13.1. The summed E-state index contributed by atoms with van der Waals surface area (Å²) in [5, 5.41) is 7.59. The predicted molar refractivity (Wildman–Crippen MR) is 159 cm³/mol. The molecule has 0 unspecified atom stereocenters. The van der Waals surface area contributed by atoms with Crippen molar-refractivity contribution in [1.82, 2.24) is 14.6 Å². The molecule has 6 aromatic rings. The number of fused-ring (bicyclic) bond motifs is 3. The van der Waals surface area contributed by atoms with Gasteiger partial charge in [0.25, 0.3) is 5.91 Å². The van der Waals surface area contributed by atoms with Crippen molar-refractivity contribution in [1.29, 1.82) is 0 Å². The molecular formula is C31H22Cl2N4O2. The smallest absolute Gasteiger partial charge is 0.260 e. The molecule has 0 saturated carbocycles. The normalized spacial score (nSPS) is 11.6. The van der Waals surface area contributed by atoms with E-state index < -0.39 is 0 Å². The van der Waals surface area contributed by atoms with Gasteiger partial charge in [-0.05, 0) is 48.0 Å². The standard InChI is InChI=1S/C31H22Cl2N4O2/c32-22-14-13-20(26(33)15-22)17-36-18-21(23-7-1-4-10-27(23)36)16-34-35-30(38)19-37-28-11-5-2-8-24(28)31(39)25-9-3-6-12-29(25)37/h1-16,18H,17,19H2,(H,35,38)/b34-16-. The fourth-order valence-electron chi connectivity index (χ4n) is 4.94. The minimum atomic E-state index is -0.304. The highest BCUT2D eigenvalue weighted by Gasteiger charge is 2.13. The molecule has 2 heterocycles. The van der Waals surface area contributed by atoms with Gasteiger partial charge in [-0.1, -0.05) is 71.7 Å². The van der Waals surface area contributed by atoms with E-state index in [2.05, 4.69) is 15.1 Å². The van der Waals surface area contributed by atoms with E-state index in [0.29, 0.717) is 38.4 Å². The highest BCUT2D eigenvalue weighted by molar-refractivity contribution is 6.35. The van der Waals surface area contributed by atoms with E-state index in [1.165, 1.54) is 0 Å². The summed E-state index contributed by atoms with van der Waals surface area (Å²) in [5.74, 6) is -0.304. The van der Waals surface area contributed by atoms with E-state index in [1.807, 2.05) is 83.6 Å². The maximum atomic E-state index is 13.0. The zero-order valence-electron chi connectivity index (χ0n) is 20.6. The van der Waals surface area contributed by atoms with Crippen LogP contribution in [-0.2, 0) is 17.9 Å². The SMILES string of the molecule is O=C(Cn1c2ccccc2c(=O)c2ccccc21)N/N=C\c1cn(Cc2ccc(Cl)cc2Cl)c2ccccc12. The summed E-state index contributed by atoms with van der Waals surface area (Å²) in [6, 6.07) is 28.1. The number of aromatic nitrogens is 2. The summed E-state index contributed by atoms with van der Waals surface area (Å²) in [6.07, 6.45) is 3.62. The summed E-state index contributed by atoms with van der Waals surface area (Å²) >= 11 is 12.5. The minimum absolute atomic E-state index is 0.00940. The Morgan fingerprint density at radius 3 is 2.10 bits per heavy atom. The number of rotatable bonds is 6. The lowest BCUT2D eigenvalue weighted by molar-refractivity contribution is -0.121. The molecule has 39 heavy (non-hydrogen) atoms. The number of nitrogens with one attached hydrogen (secondary N) is 1. The van der Waals surface area contributed by atoms with Crippen LogP contribution >= 0.6 is 23.2 Å². The molecule has 1 amide bonds. The second-order valence-corrected chi connectivity index (χ2v) is 10.1. The second kappa shape index (κ2) is 10.4. The summed E-state index contributed by atoms with van der Waals surface area (Å²) in [5.41, 5.74) is 6.81. The number of benzene rings is 4. The van der Waals surface area contributed by atoms with Gasteiger partial charge in [0, 0.05) is 50.0 Å². The lowest BCUT2D eigenvalue weighted by Crippen LogP contribution is -2.25. The van der Waals surface area contributed by atoms with Gasteiger partial charge < -0.3 is 9.13 Å². The molecule has 8 heteroatoms. The van der Waals surface area contributed by atoms with E-state index in [4.69, 9.17) is 23.2 Å². The lowest BCUT2D eigenvalue weighted by atomic mass is 10.1. The Balaban J connectivity index is 1.27. The molecule has 2 aromatic heterocycles. The molecule has 192 valence electrons. The van der Waals surface area contributed by atoms with Gasteiger partial charge in [-0.25, -0.2) is 5.43 Å². The molecule has 0 atom stereocenters. The number of hydrogen-bond acceptors (Lipinski definition) is 3. The second-order valence-electron chi connectivity index (χ2n) is 9.21. The Bertz CT molecular complexity index is 1910. The molecule has 0 radical (unpaired) electrons. The van der Waals surface area contributed by atoms with Gasteiger partial charge in [0.2, 0.25) is 0 Å². The Morgan fingerprint density at radius 2 is 1.44 bits per heavy atom. The van der Waals surface area contributed by atoms with Crippen LogP contribution in [0.3, 0.4) is 0 Å². The number of carbonyl (C=O) groups excluding carboxylic acids is 1. The fraction of sp³-hybridized carbons (Fsp3) is 0.0645. The van der Waals surface area contributed by atoms with Gasteiger partial charge in [-0.3, -0.25) is 9.59 Å². The third-order valence-electron chi connectivity index (χ3n) is 6.75. The van der Waals surface area contributed by atoms with Crippen molar-refractivity contribution in [2.45, 2.75) is 13.1 Å². The van der Waals surface area contributed by atoms with Crippen LogP contribution in [0.2, 0.25) is 10.0 Å². The monoisotopic (exact) mass is 552 g/mol. The molecule has 6 rings (SSSR count). The summed E-state index contributed by atoms with van der Waals surface area (Å²) in [6.45, 7) is 0.568. The number of carbonyl (C=O) groups is 1. The molecule has 0 aliphatic carbocycles. The van der Waals surface area contributed by atoms with Crippen molar-refractivity contribution < 1.29 is 4.79 Å². The molecule has 0 fully saturated rings. The Morgan fingerprint density at radius 1 is 0.821 bits per heavy atom. The Labute approximate surface area is 233 Å². The maximum Gasteiger partial charge on any atom is 0.260 e. The predicted octanol–water partition coefficient (Wildman–Crippen LogP) is 6.61. The van der Waals surface area contributed by atoms with Crippen LogP contribution in [0, 0.1) is 0 Å². The summed E-state index contributed by atoms with van der Waals surface area (Å²) < 4.78 is 3.94. The minimum Gasteiger partial charge on any atom is -0.342 e. The molecule has 0 aliphatic heterocycles. The van der Waals surface area contributed by atoms with Gasteiger partial charge in [0.05, 0.1) is 17.2 Å². The van der Waals surface area contributed by atoms with Gasteiger partial charge >= 0.3 is 0 Å². The van der Waals surface area contributed by atoms with Crippen molar-refractivity contribution in [3.63, 3.8) is 0 Å². The largest absolute Gasteiger partial charge is 0.342 e. The zero-order valence-corrected chi connectivity index (χ0v) is 22.2. The van der Waals surface area contributed by atoms with Crippen molar-refractivity contribution in [2.75, 3.05) is 0 Å². The van der Waals surface area contributed by atoms with Crippen LogP contribution in [0.4, 0.5) is 0 Å². The molecule has 0 spiro atoms. The van der Waals surface area contributed by atoms with Crippen molar-refractivity contribution in [3.8, 4) is 0 Å². The summed E-state index contributed by atoms with van der Waals surface area (Å²) in [4.78, 5) is 26.0. The highest BCUT2D eigenvalue weighted by Crippen LogP contribution is 2.26. The molecule has 1 N–H and O–H groups in total. The van der Waals surface area contributed by atoms with E-state index in [1.54, 1.807) is 24.4 Å². The third kappa shape index (κ3) is 4.80. The van der Waals surface area contributed by atoms with Crippen LogP contribution in [0.25, 0.3) is 32.7 Å². The first kappa shape index (κ1) is 24.9. The fourth-order valence-corrected chi connectivity index (χ4v) is 5.41. The van der Waals surface area contributed by atoms with Crippen molar-refractivity contribution in [3.05, 3.63) is 129 Å². The molecular weight excluding hydrogens is 531 g/mol. The first-order valence-electron chi connectivity index (χ1n) is 12.3. The average Bonchev–Trinajstić information content (AvgIpc) is 3.30. The number of nitrogens with zero attached hydrogens (tertiary/aromatic N) is 3. The molecule has 0 saturated heterocycles. The van der Waals surface area contributed by atoms with Crippen LogP contribution in [-0.4, -0.2) is 21.3 Å². The summed E-state index contributed by atoms with van der Waals surface area (Å²) in [7, 11) is 0. The molecule has 6 nitrogen and oxygen atoms in total. The Kier molecular flexibility index (Phi) is 6.65. The van der Waals surface area contributed by atoms with Gasteiger partial charge in [0.15, 0.2) is 5.43 Å². The number of amides is 1.